The number of carboxylic acid groups (broad SMARTS) is 1. The molecule has 5 rings (SSSR count). The molecule has 0 saturated heterocycles. The summed E-state index contributed by atoms with van der Waals surface area (Å²) in [5.74, 6) is -3.12. The number of aromatic amines is 1. The molecule has 1 heterocycles. The van der Waals surface area contributed by atoms with Gasteiger partial charge in [-0.05, 0) is 46.9 Å². The molecule has 0 spiro atoms. The molecule has 0 aliphatic heterocycles. The highest BCUT2D eigenvalue weighted by atomic mass is 16.4. The standard InChI is InChI=1S/C38H39N5O6/c39-30(19-24-9-3-1-4-10-24)35(45)41-32(20-25-11-5-2-6-12-25)36(46)42-33(21-26-15-17-28(44)18-16-26)37(47)43-34(38(48)49)22-27-23-40-31-14-8-7-13-29(27)31/h1-18,23,30,32-34,40,44H,19-22,39H2,(H,41,45)(H,42,46)(H,43,47)(H,48,49). The molecule has 11 nitrogen and oxygen atoms in total. The summed E-state index contributed by atoms with van der Waals surface area (Å²) in [7, 11) is 0. The van der Waals surface area contributed by atoms with Gasteiger partial charge in [-0.3, -0.25) is 14.4 Å². The summed E-state index contributed by atoms with van der Waals surface area (Å²) in [4.78, 5) is 56.5. The zero-order valence-electron chi connectivity index (χ0n) is 26.7. The van der Waals surface area contributed by atoms with Crippen LogP contribution in [-0.4, -0.2) is 63.1 Å². The van der Waals surface area contributed by atoms with Crippen LogP contribution in [0.1, 0.15) is 22.3 Å². The van der Waals surface area contributed by atoms with Gasteiger partial charge in [0.1, 0.15) is 23.9 Å². The average Bonchev–Trinajstić information content (AvgIpc) is 3.51. The van der Waals surface area contributed by atoms with Crippen molar-refractivity contribution in [3.8, 4) is 5.75 Å². The number of hydrogen-bond acceptors (Lipinski definition) is 6. The van der Waals surface area contributed by atoms with E-state index in [9.17, 15) is 29.4 Å². The van der Waals surface area contributed by atoms with Crippen LogP contribution in [0.5, 0.6) is 5.75 Å². The van der Waals surface area contributed by atoms with Crippen LogP contribution >= 0.6 is 0 Å². The Labute approximate surface area is 283 Å². The van der Waals surface area contributed by atoms with Crippen molar-refractivity contribution in [1.29, 1.82) is 0 Å². The zero-order valence-corrected chi connectivity index (χ0v) is 26.7. The highest BCUT2D eigenvalue weighted by Crippen LogP contribution is 2.20. The fraction of sp³-hybridized carbons (Fsp3) is 0.211. The molecule has 0 fully saturated rings. The minimum absolute atomic E-state index is 0.00302. The van der Waals surface area contributed by atoms with Crippen molar-refractivity contribution in [2.45, 2.75) is 49.9 Å². The van der Waals surface area contributed by atoms with E-state index in [2.05, 4.69) is 20.9 Å². The Kier molecular flexibility index (Phi) is 11.4. The summed E-state index contributed by atoms with van der Waals surface area (Å²) in [5.41, 5.74) is 10.0. The molecule has 0 bridgehead atoms. The van der Waals surface area contributed by atoms with Gasteiger partial charge in [-0.2, -0.15) is 0 Å². The maximum atomic E-state index is 13.9. The number of aliphatic carboxylic acids is 1. The third-order valence-electron chi connectivity index (χ3n) is 8.27. The number of aromatic hydroxyl groups is 1. The lowest BCUT2D eigenvalue weighted by Crippen LogP contribution is -2.58. The molecule has 8 N–H and O–H groups in total. The van der Waals surface area contributed by atoms with Crippen LogP contribution in [0, 0.1) is 0 Å². The lowest BCUT2D eigenvalue weighted by atomic mass is 10.0. The van der Waals surface area contributed by atoms with Crippen molar-refractivity contribution >= 4 is 34.6 Å². The molecule has 4 unspecified atom stereocenters. The monoisotopic (exact) mass is 661 g/mol. The van der Waals surface area contributed by atoms with Gasteiger partial charge in [-0.1, -0.05) is 91.0 Å². The van der Waals surface area contributed by atoms with Crippen molar-refractivity contribution < 1.29 is 29.4 Å². The number of phenols is 1. The lowest BCUT2D eigenvalue weighted by molar-refractivity contribution is -0.142. The zero-order chi connectivity index (χ0) is 34.8. The third kappa shape index (κ3) is 9.55. The predicted molar refractivity (Wildman–Crippen MR) is 186 cm³/mol. The van der Waals surface area contributed by atoms with E-state index in [1.165, 1.54) is 12.1 Å². The number of fused-ring (bicyclic) bond motifs is 1. The van der Waals surface area contributed by atoms with Crippen LogP contribution in [0.2, 0.25) is 0 Å². The largest absolute Gasteiger partial charge is 0.508 e. The molecule has 3 amide bonds. The second kappa shape index (κ2) is 16.2. The summed E-state index contributed by atoms with van der Waals surface area (Å²) in [5, 5.41) is 28.8. The Balaban J connectivity index is 1.36. The Hall–Kier alpha value is -5.94. The quantitative estimate of drug-likeness (QED) is 0.0899. The second-order valence-electron chi connectivity index (χ2n) is 11.9. The number of hydrogen-bond donors (Lipinski definition) is 7. The lowest BCUT2D eigenvalue weighted by Gasteiger charge is -2.25. The first-order valence-electron chi connectivity index (χ1n) is 16.0. The summed E-state index contributed by atoms with van der Waals surface area (Å²) in [6, 6.07) is 27.4. The molecule has 0 radical (unpaired) electrons. The summed E-state index contributed by atoms with van der Waals surface area (Å²) >= 11 is 0. The minimum Gasteiger partial charge on any atom is -0.508 e. The second-order valence-corrected chi connectivity index (χ2v) is 11.9. The molecule has 49 heavy (non-hydrogen) atoms. The van der Waals surface area contributed by atoms with E-state index in [1.54, 1.807) is 18.3 Å². The van der Waals surface area contributed by atoms with E-state index in [0.29, 0.717) is 11.1 Å². The van der Waals surface area contributed by atoms with Gasteiger partial charge in [0, 0.05) is 36.4 Å². The molecular formula is C38H39N5O6. The van der Waals surface area contributed by atoms with E-state index in [0.717, 1.165) is 22.0 Å². The number of rotatable bonds is 15. The molecule has 252 valence electrons. The van der Waals surface area contributed by atoms with Crippen molar-refractivity contribution in [2.24, 2.45) is 5.73 Å². The number of benzene rings is 4. The fourth-order valence-electron chi connectivity index (χ4n) is 5.64. The molecule has 0 saturated carbocycles. The SMILES string of the molecule is NC(Cc1ccccc1)C(=O)NC(Cc1ccccc1)C(=O)NC(Cc1ccc(O)cc1)C(=O)NC(Cc1c[nH]c2ccccc12)C(=O)O. The number of nitrogens with two attached hydrogens (primary N) is 1. The van der Waals surface area contributed by atoms with Crippen LogP contribution in [0.3, 0.4) is 0 Å². The van der Waals surface area contributed by atoms with Crippen LogP contribution in [0.4, 0.5) is 0 Å². The fourth-order valence-corrected chi connectivity index (χ4v) is 5.64. The van der Waals surface area contributed by atoms with Gasteiger partial charge < -0.3 is 36.9 Å². The Bertz CT molecular complexity index is 1880. The molecule has 0 aliphatic rings. The first kappa shape index (κ1) is 34.4. The van der Waals surface area contributed by atoms with E-state index >= 15 is 0 Å². The number of amides is 3. The Morgan fingerprint density at radius 1 is 0.592 bits per heavy atom. The number of nitrogens with one attached hydrogen (secondary N) is 4. The maximum Gasteiger partial charge on any atom is 0.326 e. The van der Waals surface area contributed by atoms with Gasteiger partial charge in [0.15, 0.2) is 0 Å². The first-order chi connectivity index (χ1) is 23.7. The third-order valence-corrected chi connectivity index (χ3v) is 8.27. The van der Waals surface area contributed by atoms with E-state index in [1.807, 2.05) is 84.9 Å². The smallest absolute Gasteiger partial charge is 0.326 e. The van der Waals surface area contributed by atoms with E-state index in [-0.39, 0.29) is 31.4 Å². The van der Waals surface area contributed by atoms with Crippen molar-refractivity contribution in [3.05, 3.63) is 138 Å². The highest BCUT2D eigenvalue weighted by molar-refractivity contribution is 5.94. The Morgan fingerprint density at radius 3 is 1.67 bits per heavy atom. The van der Waals surface area contributed by atoms with Gasteiger partial charge in [0.25, 0.3) is 0 Å². The van der Waals surface area contributed by atoms with Gasteiger partial charge in [-0.15, -0.1) is 0 Å². The number of para-hydroxylation sites is 1. The number of phenolic OH excluding ortho intramolecular Hbond substituents is 1. The van der Waals surface area contributed by atoms with Crippen molar-refractivity contribution in [1.82, 2.24) is 20.9 Å². The van der Waals surface area contributed by atoms with E-state index in [4.69, 9.17) is 5.73 Å². The molecular weight excluding hydrogens is 622 g/mol. The number of carbonyl (C=O) groups excluding carboxylic acids is 3. The average molecular weight is 662 g/mol. The molecule has 4 aromatic carbocycles. The maximum absolute atomic E-state index is 13.9. The van der Waals surface area contributed by atoms with E-state index < -0.39 is 47.9 Å². The van der Waals surface area contributed by atoms with Crippen molar-refractivity contribution in [2.75, 3.05) is 0 Å². The van der Waals surface area contributed by atoms with Crippen molar-refractivity contribution in [3.63, 3.8) is 0 Å². The first-order valence-corrected chi connectivity index (χ1v) is 16.0. The minimum atomic E-state index is -1.30. The number of aromatic nitrogens is 1. The summed E-state index contributed by atoms with van der Waals surface area (Å²) in [6.45, 7) is 0. The van der Waals surface area contributed by atoms with Gasteiger partial charge in [0.05, 0.1) is 6.04 Å². The molecule has 5 aromatic rings. The molecule has 11 heteroatoms. The van der Waals surface area contributed by atoms with Gasteiger partial charge in [-0.25, -0.2) is 4.79 Å². The molecule has 4 atom stereocenters. The Morgan fingerprint density at radius 2 is 1.08 bits per heavy atom. The van der Waals surface area contributed by atoms with Crippen LogP contribution in [0.15, 0.2) is 115 Å². The predicted octanol–water partition coefficient (Wildman–Crippen LogP) is 3.01. The molecule has 0 aliphatic carbocycles. The summed E-state index contributed by atoms with van der Waals surface area (Å²) in [6.07, 6.45) is 2.06. The van der Waals surface area contributed by atoms with Gasteiger partial charge in [0.2, 0.25) is 17.7 Å². The molecule has 1 aromatic heterocycles. The van der Waals surface area contributed by atoms with Gasteiger partial charge >= 0.3 is 5.97 Å². The topological polar surface area (TPSA) is 187 Å². The number of H-pyrrole nitrogens is 1. The number of carbonyl (C=O) groups is 4. The number of carboxylic acids is 1. The van der Waals surface area contributed by atoms with Crippen LogP contribution in [-0.2, 0) is 44.9 Å². The summed E-state index contributed by atoms with van der Waals surface area (Å²) < 4.78 is 0. The van der Waals surface area contributed by atoms with Crippen LogP contribution in [0.25, 0.3) is 10.9 Å². The highest BCUT2D eigenvalue weighted by Gasteiger charge is 2.31. The van der Waals surface area contributed by atoms with Crippen LogP contribution < -0.4 is 21.7 Å². The normalized spacial score (nSPS) is 13.5.